The van der Waals surface area contributed by atoms with E-state index in [9.17, 15) is 4.79 Å². The number of ether oxygens (including phenoxy) is 1. The van der Waals surface area contributed by atoms with Crippen LogP contribution in [0.2, 0.25) is 0 Å². The summed E-state index contributed by atoms with van der Waals surface area (Å²) in [5.41, 5.74) is 7.75. The highest BCUT2D eigenvalue weighted by molar-refractivity contribution is 5.76. The second-order valence-corrected chi connectivity index (χ2v) is 5.74. The molecule has 2 N–H and O–H groups in total. The van der Waals surface area contributed by atoms with Gasteiger partial charge in [-0.1, -0.05) is 32.8 Å². The van der Waals surface area contributed by atoms with Gasteiger partial charge in [0.15, 0.2) is 0 Å². The van der Waals surface area contributed by atoms with Crippen LogP contribution in [0, 0.1) is 0 Å². The average molecular weight is 306 g/mol. The second-order valence-electron chi connectivity index (χ2n) is 5.74. The Morgan fingerprint density at radius 2 is 1.95 bits per heavy atom. The summed E-state index contributed by atoms with van der Waals surface area (Å²) in [5, 5.41) is 0. The first kappa shape index (κ1) is 18.3. The van der Waals surface area contributed by atoms with E-state index in [1.54, 1.807) is 0 Å². The minimum Gasteiger partial charge on any atom is -0.491 e. The van der Waals surface area contributed by atoms with Gasteiger partial charge < -0.3 is 15.4 Å². The molecule has 0 fully saturated rings. The Bertz CT molecular complexity index is 460. The van der Waals surface area contributed by atoms with Gasteiger partial charge in [0.2, 0.25) is 5.91 Å². The number of hydrogen-bond donors (Lipinski definition) is 1. The van der Waals surface area contributed by atoms with Gasteiger partial charge >= 0.3 is 0 Å². The van der Waals surface area contributed by atoms with Crippen LogP contribution in [0.4, 0.5) is 5.69 Å². The Kier molecular flexibility index (Phi) is 8.41. The number of carbonyl (C=O) groups excluding carboxylic acids is 1. The van der Waals surface area contributed by atoms with E-state index in [0.717, 1.165) is 50.0 Å². The van der Waals surface area contributed by atoms with Crippen molar-refractivity contribution in [3.8, 4) is 5.75 Å². The summed E-state index contributed by atoms with van der Waals surface area (Å²) < 4.78 is 5.64. The predicted molar refractivity (Wildman–Crippen MR) is 92.1 cm³/mol. The Hall–Kier alpha value is -1.71. The van der Waals surface area contributed by atoms with E-state index in [1.807, 2.05) is 30.1 Å². The smallest absolute Gasteiger partial charge is 0.222 e. The number of anilines is 1. The van der Waals surface area contributed by atoms with Crippen molar-refractivity contribution in [3.63, 3.8) is 0 Å². The molecule has 124 valence electrons. The summed E-state index contributed by atoms with van der Waals surface area (Å²) in [6.45, 7) is 5.79. The van der Waals surface area contributed by atoms with Crippen molar-refractivity contribution in [3.05, 3.63) is 23.8 Å². The van der Waals surface area contributed by atoms with Crippen molar-refractivity contribution in [1.29, 1.82) is 0 Å². The third-order valence-corrected chi connectivity index (χ3v) is 3.73. The van der Waals surface area contributed by atoms with Crippen LogP contribution >= 0.6 is 0 Å². The van der Waals surface area contributed by atoms with Gasteiger partial charge in [-0.3, -0.25) is 4.79 Å². The van der Waals surface area contributed by atoms with Crippen molar-refractivity contribution >= 4 is 11.6 Å². The molecule has 0 saturated carbocycles. The van der Waals surface area contributed by atoms with Crippen molar-refractivity contribution in [2.75, 3.05) is 25.9 Å². The van der Waals surface area contributed by atoms with Crippen LogP contribution < -0.4 is 10.5 Å². The Balaban J connectivity index is 2.46. The molecule has 1 amide bonds. The third kappa shape index (κ3) is 6.37. The maximum atomic E-state index is 12.0. The van der Waals surface area contributed by atoms with Crippen LogP contribution in [0.3, 0.4) is 0 Å². The minimum atomic E-state index is 0.190. The summed E-state index contributed by atoms with van der Waals surface area (Å²) in [5.74, 6) is 0.930. The Labute approximate surface area is 134 Å². The fourth-order valence-corrected chi connectivity index (χ4v) is 2.17. The number of rotatable bonds is 10. The number of benzene rings is 1. The normalized spacial score (nSPS) is 10.5. The van der Waals surface area contributed by atoms with Crippen molar-refractivity contribution in [2.45, 2.75) is 52.4 Å². The molecule has 0 radical (unpaired) electrons. The summed E-state index contributed by atoms with van der Waals surface area (Å²) in [7, 11) is 1.87. The molecule has 0 bridgehead atoms. The van der Waals surface area contributed by atoms with Gasteiger partial charge in [0.05, 0.1) is 12.3 Å². The lowest BCUT2D eigenvalue weighted by Crippen LogP contribution is -2.27. The first-order valence-corrected chi connectivity index (χ1v) is 8.33. The highest BCUT2D eigenvalue weighted by atomic mass is 16.5. The van der Waals surface area contributed by atoms with E-state index in [0.29, 0.717) is 18.7 Å². The number of carbonyl (C=O) groups is 1. The number of hydrogen-bond acceptors (Lipinski definition) is 3. The first-order valence-electron chi connectivity index (χ1n) is 8.33. The third-order valence-electron chi connectivity index (χ3n) is 3.73. The summed E-state index contributed by atoms with van der Waals surface area (Å²) >= 11 is 0. The monoisotopic (exact) mass is 306 g/mol. The SMILES string of the molecule is CCCCOc1ccc(CCC(=O)N(C)CCCC)cc1N. The predicted octanol–water partition coefficient (Wildman–Crippen LogP) is 3.64. The average Bonchev–Trinajstić information content (AvgIpc) is 2.52. The van der Waals surface area contributed by atoms with Gasteiger partial charge in [-0.2, -0.15) is 0 Å². The Morgan fingerprint density at radius 3 is 2.59 bits per heavy atom. The number of nitrogen functional groups attached to an aromatic ring is 1. The highest BCUT2D eigenvalue weighted by Crippen LogP contribution is 2.23. The molecule has 0 spiro atoms. The lowest BCUT2D eigenvalue weighted by Gasteiger charge is -2.16. The molecule has 1 aromatic rings. The van der Waals surface area contributed by atoms with Gasteiger partial charge in [0.1, 0.15) is 5.75 Å². The fourth-order valence-electron chi connectivity index (χ4n) is 2.17. The second kappa shape index (κ2) is 10.1. The van der Waals surface area contributed by atoms with E-state index in [4.69, 9.17) is 10.5 Å². The molecular formula is C18H30N2O2. The summed E-state index contributed by atoms with van der Waals surface area (Å²) in [6, 6.07) is 5.82. The number of amides is 1. The highest BCUT2D eigenvalue weighted by Gasteiger charge is 2.09. The summed E-state index contributed by atoms with van der Waals surface area (Å²) in [6.07, 6.45) is 5.53. The quantitative estimate of drug-likeness (QED) is 0.530. The van der Waals surface area contributed by atoms with Crippen LogP contribution in [-0.2, 0) is 11.2 Å². The standard InChI is InChI=1S/C18H30N2O2/c1-4-6-12-20(3)18(21)11-9-15-8-10-17(16(19)14-15)22-13-7-5-2/h8,10,14H,4-7,9,11-13,19H2,1-3H3. The van der Waals surface area contributed by atoms with Crippen LogP contribution in [-0.4, -0.2) is 31.0 Å². The van der Waals surface area contributed by atoms with E-state index in [-0.39, 0.29) is 5.91 Å². The molecule has 0 unspecified atom stereocenters. The molecular weight excluding hydrogens is 276 g/mol. The zero-order valence-electron chi connectivity index (χ0n) is 14.2. The van der Waals surface area contributed by atoms with Crippen LogP contribution in [0.5, 0.6) is 5.75 Å². The number of nitrogens with zero attached hydrogens (tertiary/aromatic N) is 1. The maximum Gasteiger partial charge on any atom is 0.222 e. The minimum absolute atomic E-state index is 0.190. The van der Waals surface area contributed by atoms with Gasteiger partial charge in [-0.25, -0.2) is 0 Å². The largest absolute Gasteiger partial charge is 0.491 e. The van der Waals surface area contributed by atoms with Crippen LogP contribution in [0.25, 0.3) is 0 Å². The lowest BCUT2D eigenvalue weighted by molar-refractivity contribution is -0.129. The number of aryl methyl sites for hydroxylation is 1. The van der Waals surface area contributed by atoms with Gasteiger partial charge in [-0.15, -0.1) is 0 Å². The first-order chi connectivity index (χ1) is 10.6. The van der Waals surface area contributed by atoms with Crippen molar-refractivity contribution in [1.82, 2.24) is 4.90 Å². The van der Waals surface area contributed by atoms with Gasteiger partial charge in [0.25, 0.3) is 0 Å². The molecule has 0 heterocycles. The zero-order valence-corrected chi connectivity index (χ0v) is 14.2. The maximum absolute atomic E-state index is 12.0. The number of nitrogens with two attached hydrogens (primary N) is 1. The molecule has 0 aliphatic carbocycles. The molecule has 4 nitrogen and oxygen atoms in total. The van der Waals surface area contributed by atoms with Crippen LogP contribution in [0.15, 0.2) is 18.2 Å². The molecule has 0 atom stereocenters. The molecule has 0 aromatic heterocycles. The van der Waals surface area contributed by atoms with Crippen LogP contribution in [0.1, 0.15) is 51.5 Å². The van der Waals surface area contributed by atoms with E-state index in [1.165, 1.54) is 0 Å². The topological polar surface area (TPSA) is 55.6 Å². The fraction of sp³-hybridized carbons (Fsp3) is 0.611. The van der Waals surface area contributed by atoms with E-state index in [2.05, 4.69) is 13.8 Å². The summed E-state index contributed by atoms with van der Waals surface area (Å²) in [4.78, 5) is 13.8. The molecule has 0 saturated heterocycles. The zero-order chi connectivity index (χ0) is 16.4. The van der Waals surface area contributed by atoms with E-state index >= 15 is 0 Å². The van der Waals surface area contributed by atoms with Gasteiger partial charge in [-0.05, 0) is 37.0 Å². The van der Waals surface area contributed by atoms with Gasteiger partial charge in [0, 0.05) is 20.0 Å². The molecule has 0 aliphatic rings. The molecule has 0 aliphatic heterocycles. The molecule has 22 heavy (non-hydrogen) atoms. The number of unbranched alkanes of at least 4 members (excludes halogenated alkanes) is 2. The van der Waals surface area contributed by atoms with Crippen molar-refractivity contribution < 1.29 is 9.53 Å². The van der Waals surface area contributed by atoms with E-state index < -0.39 is 0 Å². The Morgan fingerprint density at radius 1 is 1.23 bits per heavy atom. The lowest BCUT2D eigenvalue weighted by atomic mass is 10.1. The molecule has 1 rings (SSSR count). The van der Waals surface area contributed by atoms with Crippen molar-refractivity contribution in [2.24, 2.45) is 0 Å². The molecule has 4 heteroatoms. The molecule has 1 aromatic carbocycles.